The van der Waals surface area contributed by atoms with Crippen molar-refractivity contribution in [1.29, 1.82) is 5.26 Å². The molecule has 0 aromatic heterocycles. The molecule has 3 heteroatoms. The Hall–Kier alpha value is -1.04. The molecule has 0 aliphatic carbocycles. The second-order valence-electron chi connectivity index (χ2n) is 1.94. The predicted octanol–water partition coefficient (Wildman–Crippen LogP) is 2.09. The first-order valence-electron chi connectivity index (χ1n) is 2.95. The zero-order chi connectivity index (χ0) is 8.27. The fourth-order valence-corrected chi connectivity index (χ4v) is 0.990. The van der Waals surface area contributed by atoms with Crippen molar-refractivity contribution >= 4 is 11.6 Å². The van der Waals surface area contributed by atoms with Gasteiger partial charge in [0.2, 0.25) is 0 Å². The Morgan fingerprint density at radius 3 is 2.73 bits per heavy atom. The molecule has 1 rings (SSSR count). The fourth-order valence-electron chi connectivity index (χ4n) is 0.766. The van der Waals surface area contributed by atoms with Gasteiger partial charge < -0.3 is 5.11 Å². The minimum absolute atomic E-state index is 0.302. The van der Waals surface area contributed by atoms with E-state index in [0.29, 0.717) is 16.1 Å². The molecule has 1 aromatic rings. The van der Waals surface area contributed by atoms with Crippen LogP contribution in [0.3, 0.4) is 0 Å². The molecule has 0 aliphatic heterocycles. The molecular weight excluding hydrogens is 162 g/mol. The summed E-state index contributed by atoms with van der Waals surface area (Å²) in [5.74, 6) is 0. The smallest absolute Gasteiger partial charge is 0.110 e. The number of aliphatic hydroxyl groups is 1. The molecule has 0 amide bonds. The number of hydrogen-bond donors (Lipinski definition) is 1. The van der Waals surface area contributed by atoms with Gasteiger partial charge >= 0.3 is 0 Å². The van der Waals surface area contributed by atoms with Crippen molar-refractivity contribution in [3.05, 3.63) is 41.0 Å². The Bertz CT molecular complexity index is 303. The van der Waals surface area contributed by atoms with Gasteiger partial charge in [-0.1, -0.05) is 23.7 Å². The van der Waals surface area contributed by atoms with Crippen LogP contribution in [-0.4, -0.2) is 5.11 Å². The number of nitriles is 1. The van der Waals surface area contributed by atoms with E-state index in [1.165, 1.54) is 0 Å². The van der Waals surface area contributed by atoms with Crippen molar-refractivity contribution in [2.45, 2.75) is 0 Å². The quantitative estimate of drug-likeness (QED) is 0.694. The Balaban J connectivity index is 3.27. The van der Waals surface area contributed by atoms with Crippen LogP contribution in [0.2, 0.25) is 5.02 Å². The maximum atomic E-state index is 8.64. The summed E-state index contributed by atoms with van der Waals surface area (Å²) < 4.78 is 0. The van der Waals surface area contributed by atoms with Gasteiger partial charge in [0.1, 0.15) is 12.7 Å². The van der Waals surface area contributed by atoms with Crippen molar-refractivity contribution in [3.8, 4) is 6.07 Å². The van der Waals surface area contributed by atoms with Gasteiger partial charge in [0.25, 0.3) is 0 Å². The summed E-state index contributed by atoms with van der Waals surface area (Å²) in [5, 5.41) is 17.6. The van der Waals surface area contributed by atoms with E-state index in [-0.39, 0.29) is 0 Å². The summed E-state index contributed by atoms with van der Waals surface area (Å²) in [6, 6.07) is 6.78. The summed E-state index contributed by atoms with van der Waals surface area (Å²) >= 11 is 5.65. The normalized spacial score (nSPS) is 9.18. The monoisotopic (exact) mass is 166 g/mol. The minimum Gasteiger partial charge on any atom is -0.385 e. The van der Waals surface area contributed by atoms with Crippen molar-refractivity contribution in [2.75, 3.05) is 0 Å². The number of halogens is 1. The zero-order valence-electron chi connectivity index (χ0n) is 5.58. The van der Waals surface area contributed by atoms with Crippen LogP contribution in [-0.2, 0) is 0 Å². The molecule has 11 heavy (non-hydrogen) atoms. The van der Waals surface area contributed by atoms with E-state index < -0.39 is 0 Å². The minimum atomic E-state index is 0.302. The van der Waals surface area contributed by atoms with Crippen LogP contribution in [0, 0.1) is 17.9 Å². The second kappa shape index (κ2) is 3.38. The first-order valence-corrected chi connectivity index (χ1v) is 3.33. The SMILES string of the molecule is N#Cc1c(Cl)cccc1[CH]O. The van der Waals surface area contributed by atoms with Gasteiger partial charge in [0.05, 0.1) is 10.6 Å². The molecule has 0 spiro atoms. The highest BCUT2D eigenvalue weighted by Gasteiger charge is 2.03. The molecule has 1 radical (unpaired) electrons. The summed E-state index contributed by atoms with van der Waals surface area (Å²) in [4.78, 5) is 0. The van der Waals surface area contributed by atoms with Crippen LogP contribution in [0.1, 0.15) is 11.1 Å². The molecule has 0 bridgehead atoms. The van der Waals surface area contributed by atoms with E-state index in [4.69, 9.17) is 22.0 Å². The van der Waals surface area contributed by atoms with Gasteiger partial charge in [-0.25, -0.2) is 0 Å². The highest BCUT2D eigenvalue weighted by Crippen LogP contribution is 2.19. The van der Waals surface area contributed by atoms with Crippen LogP contribution < -0.4 is 0 Å². The number of aliphatic hydroxyl groups excluding tert-OH is 1. The third-order valence-corrected chi connectivity index (χ3v) is 1.61. The maximum absolute atomic E-state index is 8.64. The molecule has 0 saturated heterocycles. The van der Waals surface area contributed by atoms with Gasteiger partial charge in [0, 0.05) is 5.56 Å². The topological polar surface area (TPSA) is 44.0 Å². The molecule has 2 nitrogen and oxygen atoms in total. The maximum Gasteiger partial charge on any atom is 0.110 e. The fraction of sp³-hybridized carbons (Fsp3) is 0. The zero-order valence-corrected chi connectivity index (χ0v) is 6.34. The summed E-state index contributed by atoms with van der Waals surface area (Å²) in [7, 11) is 0. The number of hydrogen-bond acceptors (Lipinski definition) is 2. The average molecular weight is 167 g/mol. The van der Waals surface area contributed by atoms with Gasteiger partial charge in [-0.15, -0.1) is 0 Å². The van der Waals surface area contributed by atoms with E-state index in [2.05, 4.69) is 0 Å². The van der Waals surface area contributed by atoms with E-state index in [1.54, 1.807) is 18.2 Å². The van der Waals surface area contributed by atoms with E-state index in [1.807, 2.05) is 6.07 Å². The molecule has 0 aliphatic rings. The van der Waals surface area contributed by atoms with Crippen molar-refractivity contribution in [2.24, 2.45) is 0 Å². The largest absolute Gasteiger partial charge is 0.385 e. The lowest BCUT2D eigenvalue weighted by Gasteiger charge is -1.98. The highest BCUT2D eigenvalue weighted by atomic mass is 35.5. The van der Waals surface area contributed by atoms with Crippen LogP contribution in [0.25, 0.3) is 0 Å². The lowest BCUT2D eigenvalue weighted by Crippen LogP contribution is -1.87. The Kier molecular flexibility index (Phi) is 2.48. The predicted molar refractivity (Wildman–Crippen MR) is 41.5 cm³/mol. The summed E-state index contributed by atoms with van der Waals surface area (Å²) in [6.07, 6.45) is 0. The Morgan fingerprint density at radius 1 is 1.55 bits per heavy atom. The van der Waals surface area contributed by atoms with Gasteiger partial charge in [-0.2, -0.15) is 5.26 Å². The number of nitrogens with zero attached hydrogens (tertiary/aromatic N) is 1. The molecular formula is C8H5ClNO. The molecule has 1 N–H and O–H groups in total. The van der Waals surface area contributed by atoms with Crippen molar-refractivity contribution in [1.82, 2.24) is 0 Å². The standard InChI is InChI=1S/C8H5ClNO/c9-8-3-1-2-6(5-11)7(8)4-10/h1-3,5,11H. The van der Waals surface area contributed by atoms with Crippen molar-refractivity contribution in [3.63, 3.8) is 0 Å². The Morgan fingerprint density at radius 2 is 2.27 bits per heavy atom. The van der Waals surface area contributed by atoms with E-state index in [9.17, 15) is 0 Å². The lowest BCUT2D eigenvalue weighted by molar-refractivity contribution is 0.414. The molecule has 0 fully saturated rings. The van der Waals surface area contributed by atoms with Crippen molar-refractivity contribution < 1.29 is 5.11 Å². The molecule has 0 saturated carbocycles. The van der Waals surface area contributed by atoms with Gasteiger partial charge in [0.15, 0.2) is 0 Å². The lowest BCUT2D eigenvalue weighted by atomic mass is 10.1. The molecule has 55 valence electrons. The Labute approximate surface area is 69.7 Å². The second-order valence-corrected chi connectivity index (χ2v) is 2.35. The molecule has 0 heterocycles. The summed E-state index contributed by atoms with van der Waals surface area (Å²) in [5.41, 5.74) is 0.747. The third kappa shape index (κ3) is 1.51. The van der Waals surface area contributed by atoms with E-state index >= 15 is 0 Å². The summed E-state index contributed by atoms with van der Waals surface area (Å²) in [6.45, 7) is 0.866. The molecule has 0 unspecified atom stereocenters. The first kappa shape index (κ1) is 8.06. The number of rotatable bonds is 1. The average Bonchev–Trinajstić information content (AvgIpc) is 2.04. The first-order chi connectivity index (χ1) is 5.29. The number of benzene rings is 1. The van der Waals surface area contributed by atoms with Crippen LogP contribution in [0.5, 0.6) is 0 Å². The van der Waals surface area contributed by atoms with Gasteiger partial charge in [-0.05, 0) is 6.07 Å². The highest BCUT2D eigenvalue weighted by molar-refractivity contribution is 6.31. The van der Waals surface area contributed by atoms with Crippen LogP contribution in [0.15, 0.2) is 18.2 Å². The van der Waals surface area contributed by atoms with Crippen LogP contribution in [0.4, 0.5) is 0 Å². The molecule has 1 aromatic carbocycles. The van der Waals surface area contributed by atoms with E-state index in [0.717, 1.165) is 6.61 Å². The van der Waals surface area contributed by atoms with Crippen LogP contribution >= 0.6 is 11.6 Å². The molecule has 0 atom stereocenters. The third-order valence-electron chi connectivity index (χ3n) is 1.30. The van der Waals surface area contributed by atoms with Gasteiger partial charge in [-0.3, -0.25) is 0 Å².